The van der Waals surface area contributed by atoms with Crippen LogP contribution in [0.25, 0.3) is 11.3 Å². The Labute approximate surface area is 110 Å². The SMILES string of the molecule is CCc1ccc(-c2c([N+](=O)[O-])cnn2CCO)cc1. The van der Waals surface area contributed by atoms with Crippen LogP contribution in [0, 0.1) is 10.1 Å². The van der Waals surface area contributed by atoms with Gasteiger partial charge in [0.15, 0.2) is 0 Å². The summed E-state index contributed by atoms with van der Waals surface area (Å²) in [6.07, 6.45) is 2.14. The standard InChI is InChI=1S/C13H15N3O3/c1-2-10-3-5-11(6-4-10)13-12(16(18)19)9-14-15(13)7-8-17/h3-6,9,17H,2,7-8H2,1H3. The molecule has 0 saturated carbocycles. The normalized spacial score (nSPS) is 10.6. The van der Waals surface area contributed by atoms with E-state index in [-0.39, 0.29) is 18.8 Å². The minimum Gasteiger partial charge on any atom is -0.394 e. The summed E-state index contributed by atoms with van der Waals surface area (Å²) in [6.45, 7) is 2.17. The van der Waals surface area contributed by atoms with Gasteiger partial charge in [-0.2, -0.15) is 5.10 Å². The van der Waals surface area contributed by atoms with E-state index in [1.807, 2.05) is 31.2 Å². The van der Waals surface area contributed by atoms with Crippen molar-refractivity contribution in [2.45, 2.75) is 19.9 Å². The first-order valence-corrected chi connectivity index (χ1v) is 6.07. The Kier molecular flexibility index (Phi) is 3.91. The van der Waals surface area contributed by atoms with Crippen LogP contribution in [-0.2, 0) is 13.0 Å². The van der Waals surface area contributed by atoms with Gasteiger partial charge in [0.05, 0.1) is 18.1 Å². The van der Waals surface area contributed by atoms with Gasteiger partial charge >= 0.3 is 5.69 Å². The monoisotopic (exact) mass is 261 g/mol. The Balaban J connectivity index is 2.50. The molecule has 0 saturated heterocycles. The quantitative estimate of drug-likeness (QED) is 0.659. The minimum absolute atomic E-state index is 0.0438. The molecule has 0 bridgehead atoms. The Hall–Kier alpha value is -2.21. The molecule has 0 radical (unpaired) electrons. The van der Waals surface area contributed by atoms with Gasteiger partial charge in [-0.3, -0.25) is 14.8 Å². The zero-order valence-corrected chi connectivity index (χ0v) is 10.6. The molecule has 0 amide bonds. The number of hydrogen-bond donors (Lipinski definition) is 1. The van der Waals surface area contributed by atoms with Gasteiger partial charge in [0.1, 0.15) is 11.9 Å². The van der Waals surface area contributed by atoms with Crippen LogP contribution < -0.4 is 0 Å². The topological polar surface area (TPSA) is 81.2 Å². The van der Waals surface area contributed by atoms with E-state index in [0.717, 1.165) is 12.0 Å². The third-order valence-electron chi connectivity index (χ3n) is 2.96. The molecule has 0 spiro atoms. The second-order valence-electron chi connectivity index (χ2n) is 4.13. The first-order valence-electron chi connectivity index (χ1n) is 6.07. The van der Waals surface area contributed by atoms with E-state index in [9.17, 15) is 10.1 Å². The summed E-state index contributed by atoms with van der Waals surface area (Å²) in [5.41, 5.74) is 2.29. The van der Waals surface area contributed by atoms with Gasteiger partial charge in [0.25, 0.3) is 0 Å². The zero-order chi connectivity index (χ0) is 13.8. The van der Waals surface area contributed by atoms with Crippen LogP contribution in [0.3, 0.4) is 0 Å². The molecule has 1 heterocycles. The van der Waals surface area contributed by atoms with E-state index in [1.165, 1.54) is 16.4 Å². The van der Waals surface area contributed by atoms with E-state index in [0.29, 0.717) is 5.69 Å². The van der Waals surface area contributed by atoms with Gasteiger partial charge in [-0.05, 0) is 12.0 Å². The summed E-state index contributed by atoms with van der Waals surface area (Å²) in [4.78, 5) is 10.6. The zero-order valence-electron chi connectivity index (χ0n) is 10.6. The Morgan fingerprint density at radius 2 is 2.05 bits per heavy atom. The van der Waals surface area contributed by atoms with Crippen molar-refractivity contribution in [3.05, 3.63) is 46.1 Å². The number of aliphatic hydroxyl groups is 1. The van der Waals surface area contributed by atoms with Crippen molar-refractivity contribution in [3.8, 4) is 11.3 Å². The van der Waals surface area contributed by atoms with Crippen LogP contribution >= 0.6 is 0 Å². The summed E-state index contributed by atoms with van der Waals surface area (Å²) in [5, 5.41) is 24.0. The lowest BCUT2D eigenvalue weighted by Gasteiger charge is -2.06. The number of aliphatic hydroxyl groups excluding tert-OH is 1. The molecule has 100 valence electrons. The molecule has 2 aromatic rings. The maximum Gasteiger partial charge on any atom is 0.314 e. The molecule has 1 N–H and O–H groups in total. The molecule has 0 fully saturated rings. The minimum atomic E-state index is -0.454. The third kappa shape index (κ3) is 2.63. The fourth-order valence-electron chi connectivity index (χ4n) is 1.97. The van der Waals surface area contributed by atoms with Crippen LogP contribution in [0.5, 0.6) is 0 Å². The average Bonchev–Trinajstić information content (AvgIpc) is 2.83. The number of rotatable bonds is 5. The Bertz CT molecular complexity index is 575. The van der Waals surface area contributed by atoms with Crippen molar-refractivity contribution in [1.82, 2.24) is 9.78 Å². The molecule has 0 aliphatic carbocycles. The highest BCUT2D eigenvalue weighted by molar-refractivity contribution is 5.69. The smallest absolute Gasteiger partial charge is 0.314 e. The first kappa shape index (κ1) is 13.2. The lowest BCUT2D eigenvalue weighted by molar-refractivity contribution is -0.384. The van der Waals surface area contributed by atoms with Crippen molar-refractivity contribution in [1.29, 1.82) is 0 Å². The van der Waals surface area contributed by atoms with E-state index in [1.54, 1.807) is 0 Å². The van der Waals surface area contributed by atoms with E-state index in [4.69, 9.17) is 5.11 Å². The predicted octanol–water partition coefficient (Wildman–Crippen LogP) is 2.01. The van der Waals surface area contributed by atoms with Gasteiger partial charge in [0.2, 0.25) is 0 Å². The molecule has 6 heteroatoms. The van der Waals surface area contributed by atoms with Gasteiger partial charge in [0, 0.05) is 5.56 Å². The van der Waals surface area contributed by atoms with Crippen molar-refractivity contribution in [2.75, 3.05) is 6.61 Å². The first-order chi connectivity index (χ1) is 9.17. The number of benzene rings is 1. The molecule has 0 atom stereocenters. The summed E-state index contributed by atoms with van der Waals surface area (Å²) in [5.74, 6) is 0. The van der Waals surface area contributed by atoms with Crippen LogP contribution in [0.4, 0.5) is 5.69 Å². The summed E-state index contributed by atoms with van der Waals surface area (Å²) < 4.78 is 1.46. The molecule has 2 rings (SSSR count). The molecular weight excluding hydrogens is 246 g/mol. The van der Waals surface area contributed by atoms with Gasteiger partial charge in [-0.15, -0.1) is 0 Å². The number of nitro groups is 1. The fraction of sp³-hybridized carbons (Fsp3) is 0.308. The van der Waals surface area contributed by atoms with Crippen molar-refractivity contribution < 1.29 is 10.0 Å². The summed E-state index contributed by atoms with van der Waals surface area (Å²) in [6, 6.07) is 7.57. The molecule has 0 unspecified atom stereocenters. The Morgan fingerprint density at radius 3 is 2.58 bits per heavy atom. The maximum atomic E-state index is 11.0. The molecule has 0 aliphatic heterocycles. The molecular formula is C13H15N3O3. The maximum absolute atomic E-state index is 11.0. The predicted molar refractivity (Wildman–Crippen MR) is 70.8 cm³/mol. The molecule has 1 aromatic carbocycles. The van der Waals surface area contributed by atoms with Gasteiger partial charge in [-0.25, -0.2) is 0 Å². The second kappa shape index (κ2) is 5.62. The van der Waals surface area contributed by atoms with Crippen LogP contribution in [0.1, 0.15) is 12.5 Å². The molecule has 19 heavy (non-hydrogen) atoms. The highest BCUT2D eigenvalue weighted by atomic mass is 16.6. The van der Waals surface area contributed by atoms with Gasteiger partial charge < -0.3 is 5.11 Å². The lowest BCUT2D eigenvalue weighted by Crippen LogP contribution is -2.06. The highest BCUT2D eigenvalue weighted by Crippen LogP contribution is 2.29. The van der Waals surface area contributed by atoms with Crippen molar-refractivity contribution in [2.24, 2.45) is 0 Å². The summed E-state index contributed by atoms with van der Waals surface area (Å²) >= 11 is 0. The number of aromatic nitrogens is 2. The highest BCUT2D eigenvalue weighted by Gasteiger charge is 2.21. The van der Waals surface area contributed by atoms with E-state index in [2.05, 4.69) is 5.10 Å². The third-order valence-corrected chi connectivity index (χ3v) is 2.96. The number of nitrogens with zero attached hydrogens (tertiary/aromatic N) is 3. The summed E-state index contributed by atoms with van der Waals surface area (Å²) in [7, 11) is 0. The fourth-order valence-corrected chi connectivity index (χ4v) is 1.97. The second-order valence-corrected chi connectivity index (χ2v) is 4.13. The van der Waals surface area contributed by atoms with E-state index < -0.39 is 4.92 Å². The Morgan fingerprint density at radius 1 is 1.37 bits per heavy atom. The van der Waals surface area contributed by atoms with Crippen LogP contribution in [-0.4, -0.2) is 26.4 Å². The molecule has 0 aliphatic rings. The lowest BCUT2D eigenvalue weighted by atomic mass is 10.1. The number of aryl methyl sites for hydroxylation is 1. The largest absolute Gasteiger partial charge is 0.394 e. The average molecular weight is 261 g/mol. The van der Waals surface area contributed by atoms with Crippen molar-refractivity contribution >= 4 is 5.69 Å². The van der Waals surface area contributed by atoms with Crippen LogP contribution in [0.15, 0.2) is 30.5 Å². The van der Waals surface area contributed by atoms with Crippen molar-refractivity contribution in [3.63, 3.8) is 0 Å². The van der Waals surface area contributed by atoms with Gasteiger partial charge in [-0.1, -0.05) is 31.2 Å². The molecule has 1 aromatic heterocycles. The number of hydrogen-bond acceptors (Lipinski definition) is 4. The van der Waals surface area contributed by atoms with Crippen LogP contribution in [0.2, 0.25) is 0 Å². The molecule has 6 nitrogen and oxygen atoms in total. The van der Waals surface area contributed by atoms with E-state index >= 15 is 0 Å².